The van der Waals surface area contributed by atoms with E-state index in [0.717, 1.165) is 34.9 Å². The van der Waals surface area contributed by atoms with Gasteiger partial charge in [-0.3, -0.25) is 0 Å². The second-order valence-corrected chi connectivity index (χ2v) is 5.49. The van der Waals surface area contributed by atoms with E-state index in [2.05, 4.69) is 6.07 Å². The van der Waals surface area contributed by atoms with Crippen LogP contribution in [-0.2, 0) is 0 Å². The minimum absolute atomic E-state index is 0.346. The molecule has 2 aromatic rings. The van der Waals surface area contributed by atoms with E-state index >= 15 is 0 Å². The second kappa shape index (κ2) is 5.43. The molecule has 1 aliphatic carbocycles. The van der Waals surface area contributed by atoms with E-state index < -0.39 is 12.1 Å². The van der Waals surface area contributed by atoms with Gasteiger partial charge in [-0.2, -0.15) is 0 Å². The standard InChI is InChI=1S/C17H21NO2/c1-2-20-14-10-9-11-5-3-4-6-13(11)15(14)16(18)17(19)12-7-8-12/h3-6,9-10,12,16-17,19H,2,7-8,18H2,1H3/t16-,17+/m0/s1. The van der Waals surface area contributed by atoms with Crippen molar-refractivity contribution in [2.75, 3.05) is 6.61 Å². The molecule has 0 aromatic heterocycles. The smallest absolute Gasteiger partial charge is 0.124 e. The van der Waals surface area contributed by atoms with Crippen molar-refractivity contribution in [3.8, 4) is 5.75 Å². The number of ether oxygens (including phenoxy) is 1. The maximum atomic E-state index is 10.4. The fourth-order valence-electron chi connectivity index (χ4n) is 2.80. The zero-order valence-corrected chi connectivity index (χ0v) is 11.8. The van der Waals surface area contributed by atoms with Crippen molar-refractivity contribution >= 4 is 10.8 Å². The van der Waals surface area contributed by atoms with E-state index in [0.29, 0.717) is 12.5 Å². The van der Waals surface area contributed by atoms with Crippen LogP contribution in [0.15, 0.2) is 36.4 Å². The third-order valence-corrected chi connectivity index (χ3v) is 4.04. The lowest BCUT2D eigenvalue weighted by Crippen LogP contribution is -2.28. The van der Waals surface area contributed by atoms with Crippen LogP contribution in [0.4, 0.5) is 0 Å². The van der Waals surface area contributed by atoms with Gasteiger partial charge in [0, 0.05) is 5.56 Å². The maximum Gasteiger partial charge on any atom is 0.124 e. The first-order valence-electron chi connectivity index (χ1n) is 7.30. The highest BCUT2D eigenvalue weighted by atomic mass is 16.5. The van der Waals surface area contributed by atoms with Crippen molar-refractivity contribution < 1.29 is 9.84 Å². The highest BCUT2D eigenvalue weighted by molar-refractivity contribution is 5.88. The van der Waals surface area contributed by atoms with Crippen molar-refractivity contribution in [2.45, 2.75) is 31.9 Å². The van der Waals surface area contributed by atoms with Gasteiger partial charge < -0.3 is 15.6 Å². The molecular formula is C17H21NO2. The van der Waals surface area contributed by atoms with Gasteiger partial charge in [0.1, 0.15) is 5.75 Å². The van der Waals surface area contributed by atoms with Crippen molar-refractivity contribution in [1.29, 1.82) is 0 Å². The Kier molecular flexibility index (Phi) is 3.64. The van der Waals surface area contributed by atoms with Crippen LogP contribution in [0.2, 0.25) is 0 Å². The monoisotopic (exact) mass is 271 g/mol. The molecule has 1 fully saturated rings. The summed E-state index contributed by atoms with van der Waals surface area (Å²) in [5.74, 6) is 1.14. The third kappa shape index (κ3) is 2.39. The minimum atomic E-state index is -0.486. The molecule has 0 spiro atoms. The number of aliphatic hydroxyl groups is 1. The van der Waals surface area contributed by atoms with Gasteiger partial charge in [0.25, 0.3) is 0 Å². The Balaban J connectivity index is 2.10. The summed E-state index contributed by atoms with van der Waals surface area (Å²) in [4.78, 5) is 0. The van der Waals surface area contributed by atoms with Crippen molar-refractivity contribution in [1.82, 2.24) is 0 Å². The minimum Gasteiger partial charge on any atom is -0.494 e. The molecule has 0 saturated heterocycles. The van der Waals surface area contributed by atoms with Gasteiger partial charge in [-0.25, -0.2) is 0 Å². The largest absolute Gasteiger partial charge is 0.494 e. The van der Waals surface area contributed by atoms with Crippen molar-refractivity contribution in [3.63, 3.8) is 0 Å². The number of fused-ring (bicyclic) bond motifs is 1. The first kappa shape index (κ1) is 13.4. The molecule has 0 heterocycles. The zero-order chi connectivity index (χ0) is 14.1. The zero-order valence-electron chi connectivity index (χ0n) is 11.8. The van der Waals surface area contributed by atoms with Gasteiger partial charge in [-0.15, -0.1) is 0 Å². The fourth-order valence-corrected chi connectivity index (χ4v) is 2.80. The van der Waals surface area contributed by atoms with Gasteiger partial charge >= 0.3 is 0 Å². The van der Waals surface area contributed by atoms with Gasteiger partial charge in [0.2, 0.25) is 0 Å². The Labute approximate surface area is 119 Å². The Morgan fingerprint density at radius 2 is 2.00 bits per heavy atom. The van der Waals surface area contributed by atoms with Crippen LogP contribution < -0.4 is 10.5 Å². The van der Waals surface area contributed by atoms with Crippen molar-refractivity contribution in [2.24, 2.45) is 11.7 Å². The summed E-state index contributed by atoms with van der Waals surface area (Å²) in [5, 5.41) is 12.6. The van der Waals surface area contributed by atoms with E-state index in [1.165, 1.54) is 0 Å². The summed E-state index contributed by atoms with van der Waals surface area (Å²) in [6.07, 6.45) is 1.66. The average molecular weight is 271 g/mol. The van der Waals surface area contributed by atoms with E-state index in [4.69, 9.17) is 10.5 Å². The molecule has 0 aliphatic heterocycles. The van der Waals surface area contributed by atoms with Gasteiger partial charge in [0.15, 0.2) is 0 Å². The van der Waals surface area contributed by atoms with Gasteiger partial charge in [0.05, 0.1) is 18.8 Å². The lowest BCUT2D eigenvalue weighted by Gasteiger charge is -2.23. The van der Waals surface area contributed by atoms with Crippen molar-refractivity contribution in [3.05, 3.63) is 42.0 Å². The van der Waals surface area contributed by atoms with E-state index in [1.807, 2.05) is 37.3 Å². The van der Waals surface area contributed by atoms with Crippen LogP contribution in [0, 0.1) is 5.92 Å². The Morgan fingerprint density at radius 3 is 2.70 bits per heavy atom. The SMILES string of the molecule is CCOc1ccc2ccccc2c1[C@H](N)[C@H](O)C1CC1. The summed E-state index contributed by atoms with van der Waals surface area (Å²) in [6.45, 7) is 2.55. The molecule has 106 valence electrons. The molecule has 0 unspecified atom stereocenters. The molecule has 2 aromatic carbocycles. The van der Waals surface area contributed by atoms with Crippen LogP contribution in [0.5, 0.6) is 5.75 Å². The number of hydrogen-bond acceptors (Lipinski definition) is 3. The summed E-state index contributed by atoms with van der Waals surface area (Å²) in [6, 6.07) is 11.7. The fraction of sp³-hybridized carbons (Fsp3) is 0.412. The molecule has 3 nitrogen and oxygen atoms in total. The van der Waals surface area contributed by atoms with Gasteiger partial charge in [-0.1, -0.05) is 30.3 Å². The quantitative estimate of drug-likeness (QED) is 0.879. The molecule has 3 heteroatoms. The number of hydrogen-bond donors (Lipinski definition) is 2. The normalized spacial score (nSPS) is 17.9. The molecule has 3 N–H and O–H groups in total. The number of nitrogens with two attached hydrogens (primary N) is 1. The predicted octanol–water partition coefficient (Wildman–Crippen LogP) is 3.01. The predicted molar refractivity (Wildman–Crippen MR) is 80.8 cm³/mol. The number of aliphatic hydroxyl groups excluding tert-OH is 1. The Hall–Kier alpha value is -1.58. The molecule has 0 radical (unpaired) electrons. The molecule has 1 saturated carbocycles. The highest BCUT2D eigenvalue weighted by Gasteiger charge is 2.35. The van der Waals surface area contributed by atoms with Crippen LogP contribution in [0.25, 0.3) is 10.8 Å². The highest BCUT2D eigenvalue weighted by Crippen LogP contribution is 2.41. The lowest BCUT2D eigenvalue weighted by atomic mass is 9.93. The Bertz CT molecular complexity index is 607. The summed E-state index contributed by atoms with van der Waals surface area (Å²) in [7, 11) is 0. The van der Waals surface area contributed by atoms with Gasteiger partial charge in [-0.05, 0) is 42.5 Å². The third-order valence-electron chi connectivity index (χ3n) is 4.04. The van der Waals surface area contributed by atoms with E-state index in [1.54, 1.807) is 0 Å². The lowest BCUT2D eigenvalue weighted by molar-refractivity contribution is 0.121. The molecule has 20 heavy (non-hydrogen) atoms. The summed E-state index contributed by atoms with van der Waals surface area (Å²) in [5.41, 5.74) is 7.28. The topological polar surface area (TPSA) is 55.5 Å². The van der Waals surface area contributed by atoms with Crippen LogP contribution in [-0.4, -0.2) is 17.8 Å². The summed E-state index contributed by atoms with van der Waals surface area (Å²) < 4.78 is 5.73. The molecule has 1 aliphatic rings. The first-order valence-corrected chi connectivity index (χ1v) is 7.30. The molecule has 2 atom stereocenters. The van der Waals surface area contributed by atoms with Crippen LogP contribution in [0.1, 0.15) is 31.4 Å². The summed E-state index contributed by atoms with van der Waals surface area (Å²) >= 11 is 0. The average Bonchev–Trinajstić information content (AvgIpc) is 3.30. The molecule has 3 rings (SSSR count). The first-order chi connectivity index (χ1) is 9.72. The van der Waals surface area contributed by atoms with E-state index in [9.17, 15) is 5.11 Å². The molecular weight excluding hydrogens is 250 g/mol. The Morgan fingerprint density at radius 1 is 1.25 bits per heavy atom. The van der Waals surface area contributed by atoms with E-state index in [-0.39, 0.29) is 0 Å². The van der Waals surface area contributed by atoms with Crippen LogP contribution in [0.3, 0.4) is 0 Å². The maximum absolute atomic E-state index is 10.4. The van der Waals surface area contributed by atoms with Crippen LogP contribution >= 0.6 is 0 Å². The molecule has 0 bridgehead atoms. The second-order valence-electron chi connectivity index (χ2n) is 5.49. The number of benzene rings is 2. The number of rotatable bonds is 5. The molecule has 0 amide bonds.